The quantitative estimate of drug-likeness (QED) is 0.654. The second-order valence-electron chi connectivity index (χ2n) is 7.84. The highest BCUT2D eigenvalue weighted by Gasteiger charge is 2.31. The summed E-state index contributed by atoms with van der Waals surface area (Å²) in [6, 6.07) is 5.88. The zero-order valence-corrected chi connectivity index (χ0v) is 16.8. The molecule has 4 rings (SSSR count). The van der Waals surface area contributed by atoms with E-state index in [1.54, 1.807) is 4.90 Å². The number of nitrogen functional groups attached to an aromatic ring is 1. The van der Waals surface area contributed by atoms with Gasteiger partial charge in [0.05, 0.1) is 17.1 Å². The zero-order valence-electron chi connectivity index (χ0n) is 16.0. The topological polar surface area (TPSA) is 81.6 Å². The number of aromatic nitrogens is 1. The summed E-state index contributed by atoms with van der Waals surface area (Å²) >= 11 is 1.49. The number of oxazole rings is 1. The third-order valence-electron chi connectivity index (χ3n) is 4.57. The maximum absolute atomic E-state index is 12.4. The van der Waals surface area contributed by atoms with Gasteiger partial charge in [0.2, 0.25) is 5.89 Å². The van der Waals surface area contributed by atoms with Crippen molar-refractivity contribution in [2.24, 2.45) is 0 Å². The fourth-order valence-electron chi connectivity index (χ4n) is 3.33. The van der Waals surface area contributed by atoms with Gasteiger partial charge in [0.15, 0.2) is 5.58 Å². The Morgan fingerprint density at radius 3 is 2.85 bits per heavy atom. The molecular formula is C20H23N3O3S. The average Bonchev–Trinajstić information content (AvgIpc) is 3.13. The van der Waals surface area contributed by atoms with E-state index in [-0.39, 0.29) is 6.09 Å². The molecule has 0 saturated carbocycles. The molecule has 0 aliphatic carbocycles. The number of anilines is 1. The van der Waals surface area contributed by atoms with Gasteiger partial charge in [-0.15, -0.1) is 11.3 Å². The first-order valence-corrected chi connectivity index (χ1v) is 9.79. The molecule has 3 aromatic rings. The smallest absolute Gasteiger partial charge is 0.410 e. The number of carbonyl (C=O) groups is 1. The van der Waals surface area contributed by atoms with Crippen LogP contribution in [0.3, 0.4) is 0 Å². The van der Waals surface area contributed by atoms with Crippen LogP contribution in [0.5, 0.6) is 0 Å². The summed E-state index contributed by atoms with van der Waals surface area (Å²) in [5, 5.41) is 0.676. The number of nitrogens with two attached hydrogens (primary N) is 1. The molecule has 1 aromatic carbocycles. The molecule has 2 aromatic heterocycles. The molecule has 7 heteroatoms. The predicted octanol–water partition coefficient (Wildman–Crippen LogP) is 4.74. The largest absolute Gasteiger partial charge is 0.444 e. The second-order valence-corrected chi connectivity index (χ2v) is 8.97. The summed E-state index contributed by atoms with van der Waals surface area (Å²) in [4.78, 5) is 19.9. The van der Waals surface area contributed by atoms with E-state index in [9.17, 15) is 4.79 Å². The van der Waals surface area contributed by atoms with E-state index in [1.165, 1.54) is 11.3 Å². The van der Waals surface area contributed by atoms with Gasteiger partial charge in [0.1, 0.15) is 11.1 Å². The van der Waals surface area contributed by atoms with E-state index in [2.05, 4.69) is 4.98 Å². The van der Waals surface area contributed by atoms with Crippen LogP contribution in [-0.2, 0) is 17.7 Å². The van der Waals surface area contributed by atoms with Gasteiger partial charge >= 0.3 is 6.09 Å². The molecule has 0 fully saturated rings. The SMILES string of the molecule is Cc1cccc2oc(-c3c(N)sc4c3CCN(C(=O)OC(C)(C)C)C4)nc12. The maximum atomic E-state index is 12.4. The summed E-state index contributed by atoms with van der Waals surface area (Å²) in [6.45, 7) is 8.72. The van der Waals surface area contributed by atoms with E-state index < -0.39 is 5.60 Å². The van der Waals surface area contributed by atoms with Crippen LogP contribution in [0.4, 0.5) is 9.80 Å². The standard InChI is InChI=1S/C20H23N3O3S/c1-11-6-5-7-13-16(11)22-18(25-13)15-12-8-9-23(10-14(12)27-17(15)21)19(24)26-20(2,3)4/h5-7H,8-10,21H2,1-4H3. The molecule has 3 heterocycles. The minimum atomic E-state index is -0.507. The Labute approximate surface area is 161 Å². The zero-order chi connectivity index (χ0) is 19.3. The van der Waals surface area contributed by atoms with Crippen molar-refractivity contribution in [3.8, 4) is 11.5 Å². The molecule has 0 bridgehead atoms. The van der Waals surface area contributed by atoms with E-state index in [0.717, 1.165) is 32.7 Å². The monoisotopic (exact) mass is 385 g/mol. The van der Waals surface area contributed by atoms with Crippen LogP contribution in [-0.4, -0.2) is 28.1 Å². The molecule has 0 unspecified atom stereocenters. The van der Waals surface area contributed by atoms with Gasteiger partial charge in [-0.3, -0.25) is 0 Å². The Kier molecular flexibility index (Phi) is 4.14. The van der Waals surface area contributed by atoms with Crippen molar-refractivity contribution >= 4 is 33.5 Å². The van der Waals surface area contributed by atoms with Crippen LogP contribution < -0.4 is 5.73 Å². The van der Waals surface area contributed by atoms with Crippen molar-refractivity contribution < 1.29 is 13.9 Å². The van der Waals surface area contributed by atoms with E-state index in [4.69, 9.17) is 14.9 Å². The number of fused-ring (bicyclic) bond motifs is 2. The lowest BCUT2D eigenvalue weighted by Crippen LogP contribution is -2.39. The molecule has 142 valence electrons. The Morgan fingerprint density at radius 2 is 2.15 bits per heavy atom. The number of para-hydroxylation sites is 1. The number of benzene rings is 1. The molecule has 2 N–H and O–H groups in total. The highest BCUT2D eigenvalue weighted by molar-refractivity contribution is 7.16. The summed E-state index contributed by atoms with van der Waals surface area (Å²) in [7, 11) is 0. The number of hydrogen-bond acceptors (Lipinski definition) is 6. The van der Waals surface area contributed by atoms with Crippen molar-refractivity contribution in [1.29, 1.82) is 0 Å². The number of rotatable bonds is 1. The third-order valence-corrected chi connectivity index (χ3v) is 5.62. The molecule has 6 nitrogen and oxygen atoms in total. The normalized spacial score (nSPS) is 14.4. The van der Waals surface area contributed by atoms with E-state index >= 15 is 0 Å². The number of thiophene rings is 1. The van der Waals surface area contributed by atoms with Crippen LogP contribution >= 0.6 is 11.3 Å². The summed E-state index contributed by atoms with van der Waals surface area (Å²) < 4.78 is 11.5. The van der Waals surface area contributed by atoms with Crippen molar-refractivity contribution in [2.45, 2.75) is 46.3 Å². The first kappa shape index (κ1) is 17.9. The number of aryl methyl sites for hydroxylation is 1. The molecule has 0 radical (unpaired) electrons. The first-order valence-electron chi connectivity index (χ1n) is 8.97. The predicted molar refractivity (Wildman–Crippen MR) is 107 cm³/mol. The third kappa shape index (κ3) is 3.27. The summed E-state index contributed by atoms with van der Waals surface area (Å²) in [5.41, 5.74) is 10.5. The van der Waals surface area contributed by atoms with Gasteiger partial charge in [-0.25, -0.2) is 9.78 Å². The van der Waals surface area contributed by atoms with Crippen LogP contribution in [0.2, 0.25) is 0 Å². The Morgan fingerprint density at radius 1 is 1.37 bits per heavy atom. The molecule has 1 aliphatic heterocycles. The maximum Gasteiger partial charge on any atom is 0.410 e. The molecule has 1 amide bonds. The fraction of sp³-hybridized carbons (Fsp3) is 0.400. The highest BCUT2D eigenvalue weighted by atomic mass is 32.1. The minimum absolute atomic E-state index is 0.292. The van der Waals surface area contributed by atoms with Gasteiger partial charge < -0.3 is 19.8 Å². The summed E-state index contributed by atoms with van der Waals surface area (Å²) in [5.74, 6) is 0.556. The van der Waals surface area contributed by atoms with Crippen LogP contribution in [0, 0.1) is 6.92 Å². The van der Waals surface area contributed by atoms with Crippen LogP contribution in [0.1, 0.15) is 36.8 Å². The fourth-order valence-corrected chi connectivity index (χ4v) is 4.46. The Bertz CT molecular complexity index is 1030. The molecular weight excluding hydrogens is 362 g/mol. The van der Waals surface area contributed by atoms with Gasteiger partial charge in [-0.05, 0) is 51.3 Å². The van der Waals surface area contributed by atoms with Gasteiger partial charge in [0, 0.05) is 11.4 Å². The van der Waals surface area contributed by atoms with Crippen molar-refractivity contribution in [2.75, 3.05) is 12.3 Å². The van der Waals surface area contributed by atoms with Crippen molar-refractivity contribution in [3.63, 3.8) is 0 Å². The number of nitrogens with zero attached hydrogens (tertiary/aromatic N) is 2. The highest BCUT2D eigenvalue weighted by Crippen LogP contribution is 2.42. The van der Waals surface area contributed by atoms with Crippen LogP contribution in [0.15, 0.2) is 22.6 Å². The molecule has 0 spiro atoms. The second kappa shape index (κ2) is 6.27. The Hall–Kier alpha value is -2.54. The molecule has 27 heavy (non-hydrogen) atoms. The Balaban J connectivity index is 1.67. The number of carbonyl (C=O) groups excluding carboxylic acids is 1. The van der Waals surface area contributed by atoms with Crippen molar-refractivity contribution in [1.82, 2.24) is 9.88 Å². The average molecular weight is 385 g/mol. The number of amides is 1. The van der Waals surface area contributed by atoms with Gasteiger partial charge in [-0.2, -0.15) is 0 Å². The molecule has 0 saturated heterocycles. The van der Waals surface area contributed by atoms with E-state index in [1.807, 2.05) is 45.9 Å². The number of hydrogen-bond donors (Lipinski definition) is 1. The lowest BCUT2D eigenvalue weighted by Gasteiger charge is -2.30. The molecule has 1 aliphatic rings. The van der Waals surface area contributed by atoms with Crippen LogP contribution in [0.25, 0.3) is 22.6 Å². The van der Waals surface area contributed by atoms with E-state index in [0.29, 0.717) is 30.4 Å². The first-order chi connectivity index (χ1) is 12.7. The summed E-state index contributed by atoms with van der Waals surface area (Å²) in [6.07, 6.45) is 0.411. The number of ether oxygens (including phenoxy) is 1. The lowest BCUT2D eigenvalue weighted by atomic mass is 10.0. The van der Waals surface area contributed by atoms with Gasteiger partial charge in [-0.1, -0.05) is 12.1 Å². The van der Waals surface area contributed by atoms with Crippen molar-refractivity contribution in [3.05, 3.63) is 34.2 Å². The van der Waals surface area contributed by atoms with Gasteiger partial charge in [0.25, 0.3) is 0 Å². The lowest BCUT2D eigenvalue weighted by molar-refractivity contribution is 0.0227. The molecule has 0 atom stereocenters. The minimum Gasteiger partial charge on any atom is -0.444 e.